The van der Waals surface area contributed by atoms with Crippen LogP contribution < -0.4 is 5.32 Å². The molecule has 0 aliphatic rings. The minimum atomic E-state index is -0.316. The third kappa shape index (κ3) is 4.82. The highest BCUT2D eigenvalue weighted by atomic mass is 79.9. The molecule has 0 bridgehead atoms. The second-order valence-corrected chi connectivity index (χ2v) is 7.53. The Hall–Kier alpha value is -1.37. The molecule has 0 atom stereocenters. The first-order valence-electron chi connectivity index (χ1n) is 7.04. The van der Waals surface area contributed by atoms with E-state index in [-0.39, 0.29) is 18.4 Å². The third-order valence-electron chi connectivity index (χ3n) is 3.35. The first-order chi connectivity index (χ1) is 11.3. The van der Waals surface area contributed by atoms with Gasteiger partial charge < -0.3 is 10.2 Å². The van der Waals surface area contributed by atoms with Crippen LogP contribution in [0.2, 0.25) is 5.02 Å². The van der Waals surface area contributed by atoms with Crippen LogP contribution in [0.1, 0.15) is 15.9 Å². The lowest BCUT2D eigenvalue weighted by Crippen LogP contribution is -2.35. The maximum atomic E-state index is 12.5. The minimum absolute atomic E-state index is 0.0722. The van der Waals surface area contributed by atoms with Crippen LogP contribution in [0, 0.1) is 6.92 Å². The Labute approximate surface area is 162 Å². The van der Waals surface area contributed by atoms with Gasteiger partial charge in [-0.15, -0.1) is 0 Å². The van der Waals surface area contributed by atoms with E-state index >= 15 is 0 Å². The van der Waals surface area contributed by atoms with Crippen molar-refractivity contribution in [1.82, 2.24) is 4.90 Å². The number of amides is 2. The zero-order chi connectivity index (χ0) is 17.9. The van der Waals surface area contributed by atoms with E-state index in [1.54, 1.807) is 25.2 Å². The molecule has 0 saturated heterocycles. The summed E-state index contributed by atoms with van der Waals surface area (Å²) in [6.45, 7) is 1.83. The van der Waals surface area contributed by atoms with E-state index in [1.807, 2.05) is 25.1 Å². The van der Waals surface area contributed by atoms with Crippen molar-refractivity contribution in [2.45, 2.75) is 6.92 Å². The monoisotopic (exact) mass is 472 g/mol. The van der Waals surface area contributed by atoms with E-state index in [2.05, 4.69) is 37.2 Å². The number of anilines is 1. The highest BCUT2D eigenvalue weighted by Gasteiger charge is 2.18. The van der Waals surface area contributed by atoms with E-state index in [9.17, 15) is 9.59 Å². The molecular weight excluding hydrogens is 459 g/mol. The van der Waals surface area contributed by atoms with Gasteiger partial charge in [-0.25, -0.2) is 0 Å². The van der Waals surface area contributed by atoms with E-state index in [4.69, 9.17) is 11.6 Å². The molecule has 0 fully saturated rings. The van der Waals surface area contributed by atoms with E-state index in [0.717, 1.165) is 14.5 Å². The van der Waals surface area contributed by atoms with Crippen LogP contribution in [0.4, 0.5) is 5.69 Å². The van der Waals surface area contributed by atoms with Crippen LogP contribution in [0.25, 0.3) is 0 Å². The van der Waals surface area contributed by atoms with Crippen LogP contribution in [-0.4, -0.2) is 30.3 Å². The number of nitrogens with one attached hydrogen (secondary N) is 1. The molecule has 7 heteroatoms. The van der Waals surface area contributed by atoms with Gasteiger partial charge in [0.05, 0.1) is 17.1 Å². The maximum absolute atomic E-state index is 12.5. The van der Waals surface area contributed by atoms with Crippen molar-refractivity contribution in [2.75, 3.05) is 18.9 Å². The first kappa shape index (κ1) is 19.0. The Kier molecular flexibility index (Phi) is 6.43. The number of benzene rings is 2. The van der Waals surface area contributed by atoms with E-state index in [1.165, 1.54) is 4.90 Å². The quantitative estimate of drug-likeness (QED) is 0.686. The number of nitrogens with zero attached hydrogens (tertiary/aromatic N) is 1. The van der Waals surface area contributed by atoms with Gasteiger partial charge in [-0.3, -0.25) is 9.59 Å². The fourth-order valence-corrected chi connectivity index (χ4v) is 3.15. The largest absolute Gasteiger partial charge is 0.332 e. The summed E-state index contributed by atoms with van der Waals surface area (Å²) in [5.41, 5.74) is 1.99. The van der Waals surface area contributed by atoms with Crippen molar-refractivity contribution in [3.05, 3.63) is 61.5 Å². The van der Waals surface area contributed by atoms with Crippen LogP contribution in [0.15, 0.2) is 45.3 Å². The molecule has 2 aromatic rings. The number of hydrogen-bond acceptors (Lipinski definition) is 2. The minimum Gasteiger partial charge on any atom is -0.332 e. The topological polar surface area (TPSA) is 49.4 Å². The molecule has 0 aliphatic carbocycles. The van der Waals surface area contributed by atoms with Gasteiger partial charge in [0.15, 0.2) is 0 Å². The summed E-state index contributed by atoms with van der Waals surface area (Å²) in [4.78, 5) is 26.0. The number of carbonyl (C=O) groups is 2. The van der Waals surface area contributed by atoms with Gasteiger partial charge in [-0.1, -0.05) is 43.5 Å². The molecule has 0 aromatic heterocycles. The van der Waals surface area contributed by atoms with Crippen molar-refractivity contribution in [3.8, 4) is 0 Å². The summed E-state index contributed by atoms with van der Waals surface area (Å²) < 4.78 is 1.69. The van der Waals surface area contributed by atoms with Crippen molar-refractivity contribution < 1.29 is 9.59 Å². The van der Waals surface area contributed by atoms with Gasteiger partial charge in [0.1, 0.15) is 0 Å². The van der Waals surface area contributed by atoms with Crippen molar-refractivity contribution in [1.29, 1.82) is 0 Å². The van der Waals surface area contributed by atoms with Gasteiger partial charge in [0, 0.05) is 21.7 Å². The van der Waals surface area contributed by atoms with Gasteiger partial charge >= 0.3 is 0 Å². The number of hydrogen-bond donors (Lipinski definition) is 1. The van der Waals surface area contributed by atoms with Gasteiger partial charge in [0.25, 0.3) is 5.91 Å². The zero-order valence-corrected chi connectivity index (χ0v) is 17.0. The number of halogens is 3. The zero-order valence-electron chi connectivity index (χ0n) is 13.1. The summed E-state index contributed by atoms with van der Waals surface area (Å²) in [6, 6.07) is 10.6. The average molecular weight is 475 g/mol. The predicted octanol–water partition coefficient (Wildman–Crippen LogP) is 4.88. The standard InChI is InChI=1S/C17H15Br2ClN2O2/c1-10-7-11(18)4-6-15(10)21-16(23)9-22(2)17(24)13-8-12(19)3-5-14(13)20/h3-8H,9H2,1-2H3,(H,21,23). The molecule has 2 rings (SSSR count). The lowest BCUT2D eigenvalue weighted by atomic mass is 10.2. The Morgan fingerprint density at radius 1 is 1.12 bits per heavy atom. The second kappa shape index (κ2) is 8.14. The summed E-state index contributed by atoms with van der Waals surface area (Å²) >= 11 is 12.8. The Balaban J connectivity index is 2.05. The highest BCUT2D eigenvalue weighted by Crippen LogP contribution is 2.23. The number of rotatable bonds is 4. The maximum Gasteiger partial charge on any atom is 0.255 e. The Bertz CT molecular complexity index is 796. The average Bonchev–Trinajstić information content (AvgIpc) is 2.51. The first-order valence-corrected chi connectivity index (χ1v) is 9.01. The molecule has 0 spiro atoms. The van der Waals surface area contributed by atoms with E-state index in [0.29, 0.717) is 16.3 Å². The summed E-state index contributed by atoms with van der Waals surface area (Å²) in [5, 5.41) is 3.15. The molecule has 0 heterocycles. The molecule has 0 aliphatic heterocycles. The van der Waals surface area contributed by atoms with Crippen LogP contribution in [0.3, 0.4) is 0 Å². The third-order valence-corrected chi connectivity index (χ3v) is 4.66. The molecule has 0 radical (unpaired) electrons. The van der Waals surface area contributed by atoms with Crippen LogP contribution in [-0.2, 0) is 4.79 Å². The molecule has 0 unspecified atom stereocenters. The Morgan fingerprint density at radius 3 is 2.42 bits per heavy atom. The summed E-state index contributed by atoms with van der Waals surface area (Å²) in [6.07, 6.45) is 0. The highest BCUT2D eigenvalue weighted by molar-refractivity contribution is 9.10. The molecule has 126 valence electrons. The second-order valence-electron chi connectivity index (χ2n) is 5.29. The van der Waals surface area contributed by atoms with Gasteiger partial charge in [-0.05, 0) is 48.9 Å². The molecule has 1 N–H and O–H groups in total. The van der Waals surface area contributed by atoms with Crippen molar-refractivity contribution in [3.63, 3.8) is 0 Å². The Morgan fingerprint density at radius 2 is 1.75 bits per heavy atom. The predicted molar refractivity (Wildman–Crippen MR) is 104 cm³/mol. The molecule has 2 amide bonds. The molecule has 0 saturated carbocycles. The molecule has 4 nitrogen and oxygen atoms in total. The van der Waals surface area contributed by atoms with Gasteiger partial charge in [0.2, 0.25) is 5.91 Å². The summed E-state index contributed by atoms with van der Waals surface area (Å²) in [7, 11) is 1.56. The molecular formula is C17H15Br2ClN2O2. The fourth-order valence-electron chi connectivity index (χ4n) is 2.11. The molecule has 2 aromatic carbocycles. The number of carbonyl (C=O) groups excluding carboxylic acids is 2. The van der Waals surface area contributed by atoms with Crippen molar-refractivity contribution in [2.24, 2.45) is 0 Å². The fraction of sp³-hybridized carbons (Fsp3) is 0.176. The number of aryl methyl sites for hydroxylation is 1. The molecule has 24 heavy (non-hydrogen) atoms. The smallest absolute Gasteiger partial charge is 0.255 e. The number of likely N-dealkylation sites (N-methyl/N-ethyl adjacent to an activating group) is 1. The normalized spacial score (nSPS) is 10.4. The lowest BCUT2D eigenvalue weighted by molar-refractivity contribution is -0.116. The SMILES string of the molecule is Cc1cc(Br)ccc1NC(=O)CN(C)C(=O)c1cc(Br)ccc1Cl. The van der Waals surface area contributed by atoms with Crippen LogP contribution >= 0.6 is 43.5 Å². The van der Waals surface area contributed by atoms with E-state index < -0.39 is 0 Å². The van der Waals surface area contributed by atoms with Crippen molar-refractivity contribution >= 4 is 61.0 Å². The lowest BCUT2D eigenvalue weighted by Gasteiger charge is -2.18. The van der Waals surface area contributed by atoms with Gasteiger partial charge in [-0.2, -0.15) is 0 Å². The summed E-state index contributed by atoms with van der Waals surface area (Å²) in [5.74, 6) is -0.591. The van der Waals surface area contributed by atoms with Crippen LogP contribution in [0.5, 0.6) is 0 Å².